The first-order valence-corrected chi connectivity index (χ1v) is 20.5. The molecule has 4 aromatic heterocycles. The summed E-state index contributed by atoms with van der Waals surface area (Å²) in [6.45, 7) is 0. The lowest BCUT2D eigenvalue weighted by Crippen LogP contribution is -1.98. The number of fused-ring (bicyclic) bond motifs is 12. The molecule has 0 atom stereocenters. The van der Waals surface area contributed by atoms with Gasteiger partial charge in [0.2, 0.25) is 0 Å². The van der Waals surface area contributed by atoms with Crippen LogP contribution in [0.15, 0.2) is 206 Å². The van der Waals surface area contributed by atoms with Crippen molar-refractivity contribution in [3.8, 4) is 33.6 Å². The van der Waals surface area contributed by atoms with Crippen molar-refractivity contribution in [3.63, 3.8) is 0 Å². The van der Waals surface area contributed by atoms with E-state index in [4.69, 9.17) is 9.97 Å². The van der Waals surface area contributed by atoms with Gasteiger partial charge in [-0.05, 0) is 88.1 Å². The predicted octanol–water partition coefficient (Wildman–Crippen LogP) is 14.6. The Morgan fingerprint density at radius 1 is 0.333 bits per heavy atom. The Morgan fingerprint density at radius 3 is 1.60 bits per heavy atom. The van der Waals surface area contributed by atoms with E-state index < -0.39 is 0 Å². The monoisotopic (exact) mass is 762 g/mol. The molecule has 0 bridgehead atoms. The quantitative estimate of drug-likeness (QED) is 0.132. The highest BCUT2D eigenvalue weighted by molar-refractivity contribution is 6.24. The maximum absolute atomic E-state index is 5.13. The molecular formula is C56H34N4. The van der Waals surface area contributed by atoms with Crippen LogP contribution in [0.4, 0.5) is 0 Å². The molecule has 0 N–H and O–H groups in total. The van der Waals surface area contributed by atoms with Gasteiger partial charge in [0.1, 0.15) is 0 Å². The maximum Gasteiger partial charge on any atom is 0.0978 e. The molecule has 0 radical (unpaired) electrons. The van der Waals surface area contributed by atoms with E-state index in [1.54, 1.807) is 0 Å². The second kappa shape index (κ2) is 12.7. The summed E-state index contributed by atoms with van der Waals surface area (Å²) >= 11 is 0. The first kappa shape index (κ1) is 32.9. The Balaban J connectivity index is 0.945. The summed E-state index contributed by atoms with van der Waals surface area (Å²) in [5.74, 6) is 0. The van der Waals surface area contributed by atoms with Gasteiger partial charge in [0.25, 0.3) is 0 Å². The van der Waals surface area contributed by atoms with Gasteiger partial charge in [0.05, 0.1) is 38.6 Å². The van der Waals surface area contributed by atoms with Gasteiger partial charge in [-0.2, -0.15) is 0 Å². The van der Waals surface area contributed by atoms with E-state index in [0.717, 1.165) is 44.1 Å². The standard InChI is InChI=1S/C56H34N4/c1-2-12-41(13-3-1)59-50-18-8-5-14-43(50)45-30-31-46-44-15-6-9-19-51(44)60(56(46)55(45)59)42-27-24-35(25-28-42)37-20-21-39-34-40(23-22-38(39)33-37)52-47-16-4-7-17-49(47)58-54-48(52)29-26-36-11-10-32-57-53(36)54/h1-34H. The number of pyridine rings is 2. The Kier molecular flexibility index (Phi) is 6.98. The van der Waals surface area contributed by atoms with Crippen LogP contribution in [-0.4, -0.2) is 19.1 Å². The van der Waals surface area contributed by atoms with Gasteiger partial charge in [-0.3, -0.25) is 4.98 Å². The number of hydrogen-bond donors (Lipinski definition) is 0. The lowest BCUT2D eigenvalue weighted by Gasteiger charge is -2.14. The Bertz CT molecular complexity index is 3880. The molecule has 4 nitrogen and oxygen atoms in total. The minimum absolute atomic E-state index is 0.931. The Morgan fingerprint density at radius 2 is 0.883 bits per heavy atom. The number of para-hydroxylation sites is 4. The zero-order valence-electron chi connectivity index (χ0n) is 32.4. The maximum atomic E-state index is 5.13. The number of nitrogens with zero attached hydrogens (tertiary/aromatic N) is 4. The molecule has 13 rings (SSSR count). The van der Waals surface area contributed by atoms with Gasteiger partial charge >= 0.3 is 0 Å². The van der Waals surface area contributed by atoms with Crippen molar-refractivity contribution in [2.45, 2.75) is 0 Å². The highest BCUT2D eigenvalue weighted by atomic mass is 15.0. The van der Waals surface area contributed by atoms with Gasteiger partial charge in [-0.1, -0.05) is 140 Å². The van der Waals surface area contributed by atoms with Gasteiger partial charge in [0.15, 0.2) is 0 Å². The summed E-state index contributed by atoms with van der Waals surface area (Å²) in [7, 11) is 0. The minimum Gasteiger partial charge on any atom is -0.307 e. The lowest BCUT2D eigenvalue weighted by molar-refractivity contribution is 1.15. The minimum atomic E-state index is 0.931. The zero-order chi connectivity index (χ0) is 39.3. The number of hydrogen-bond acceptors (Lipinski definition) is 2. The van der Waals surface area contributed by atoms with Gasteiger partial charge in [0, 0.05) is 60.8 Å². The van der Waals surface area contributed by atoms with E-state index in [1.165, 1.54) is 76.6 Å². The van der Waals surface area contributed by atoms with E-state index in [2.05, 4.69) is 203 Å². The molecule has 9 aromatic carbocycles. The molecule has 4 heterocycles. The molecule has 4 heteroatoms. The predicted molar refractivity (Wildman–Crippen MR) is 252 cm³/mol. The van der Waals surface area contributed by atoms with E-state index in [9.17, 15) is 0 Å². The number of aromatic nitrogens is 4. The van der Waals surface area contributed by atoms with Crippen LogP contribution >= 0.6 is 0 Å². The largest absolute Gasteiger partial charge is 0.307 e. The normalized spacial score (nSPS) is 12.0. The highest BCUT2D eigenvalue weighted by Gasteiger charge is 2.21. The number of benzene rings is 9. The van der Waals surface area contributed by atoms with Crippen LogP contribution in [0.3, 0.4) is 0 Å². The third-order valence-electron chi connectivity index (χ3n) is 12.5. The van der Waals surface area contributed by atoms with Crippen LogP contribution in [0.2, 0.25) is 0 Å². The molecule has 0 saturated heterocycles. The van der Waals surface area contributed by atoms with E-state index in [-0.39, 0.29) is 0 Å². The summed E-state index contributed by atoms with van der Waals surface area (Å²) in [5.41, 5.74) is 14.7. The van der Waals surface area contributed by atoms with Crippen LogP contribution in [0.25, 0.3) is 121 Å². The summed E-state index contributed by atoms with van der Waals surface area (Å²) < 4.78 is 4.90. The smallest absolute Gasteiger partial charge is 0.0978 e. The van der Waals surface area contributed by atoms with Crippen molar-refractivity contribution >= 4 is 87.1 Å². The van der Waals surface area contributed by atoms with E-state index in [0.29, 0.717) is 0 Å². The molecule has 0 aliphatic rings. The SMILES string of the molecule is c1ccc(-n2c3ccccc3c3ccc4c5ccccc5n(-c5ccc(-c6ccc7cc(-c8c9ccccc9nc9c8ccc8cccnc89)ccc7c6)cc5)c4c32)cc1. The van der Waals surface area contributed by atoms with Crippen LogP contribution < -0.4 is 0 Å². The molecule has 13 aromatic rings. The second-order valence-electron chi connectivity index (χ2n) is 15.8. The molecule has 0 fully saturated rings. The molecule has 0 unspecified atom stereocenters. The van der Waals surface area contributed by atoms with E-state index >= 15 is 0 Å². The van der Waals surface area contributed by atoms with Crippen molar-refractivity contribution < 1.29 is 0 Å². The molecular weight excluding hydrogens is 729 g/mol. The summed E-state index contributed by atoms with van der Waals surface area (Å²) in [5, 5.41) is 10.7. The average molecular weight is 763 g/mol. The summed E-state index contributed by atoms with van der Waals surface area (Å²) in [6.07, 6.45) is 1.86. The van der Waals surface area contributed by atoms with Gasteiger partial charge in [-0.15, -0.1) is 0 Å². The highest BCUT2D eigenvalue weighted by Crippen LogP contribution is 2.43. The Hall–Kier alpha value is -8.08. The first-order valence-electron chi connectivity index (χ1n) is 20.5. The van der Waals surface area contributed by atoms with Crippen molar-refractivity contribution in [3.05, 3.63) is 206 Å². The molecule has 0 spiro atoms. The fourth-order valence-electron chi connectivity index (χ4n) is 9.80. The van der Waals surface area contributed by atoms with Crippen molar-refractivity contribution in [1.82, 2.24) is 19.1 Å². The van der Waals surface area contributed by atoms with Crippen molar-refractivity contribution in [2.75, 3.05) is 0 Å². The second-order valence-corrected chi connectivity index (χ2v) is 15.8. The topological polar surface area (TPSA) is 35.6 Å². The molecule has 278 valence electrons. The molecule has 60 heavy (non-hydrogen) atoms. The number of rotatable bonds is 4. The molecule has 0 saturated carbocycles. The average Bonchev–Trinajstić information content (AvgIpc) is 3.84. The van der Waals surface area contributed by atoms with Crippen molar-refractivity contribution in [2.24, 2.45) is 0 Å². The molecule has 0 aliphatic carbocycles. The Labute approximate surface area is 344 Å². The third kappa shape index (κ3) is 4.79. The van der Waals surface area contributed by atoms with Crippen molar-refractivity contribution in [1.29, 1.82) is 0 Å². The fourth-order valence-corrected chi connectivity index (χ4v) is 9.80. The van der Waals surface area contributed by atoms with Gasteiger partial charge < -0.3 is 9.13 Å². The van der Waals surface area contributed by atoms with Crippen LogP contribution in [0, 0.1) is 0 Å². The summed E-state index contributed by atoms with van der Waals surface area (Å²) in [6, 6.07) is 72.6. The summed E-state index contributed by atoms with van der Waals surface area (Å²) in [4.78, 5) is 9.88. The zero-order valence-corrected chi connectivity index (χ0v) is 32.4. The fraction of sp³-hybridized carbons (Fsp3) is 0. The third-order valence-corrected chi connectivity index (χ3v) is 12.5. The van der Waals surface area contributed by atoms with Gasteiger partial charge in [-0.25, -0.2) is 4.98 Å². The first-order chi connectivity index (χ1) is 29.8. The molecule has 0 aliphatic heterocycles. The van der Waals surface area contributed by atoms with Crippen LogP contribution in [0.5, 0.6) is 0 Å². The van der Waals surface area contributed by atoms with E-state index in [1.807, 2.05) is 12.3 Å². The lowest BCUT2D eigenvalue weighted by atomic mass is 9.93. The van der Waals surface area contributed by atoms with Crippen LogP contribution in [-0.2, 0) is 0 Å². The molecule has 0 amide bonds. The van der Waals surface area contributed by atoms with Crippen LogP contribution in [0.1, 0.15) is 0 Å².